The lowest BCUT2D eigenvalue weighted by Crippen LogP contribution is -2.21. The summed E-state index contributed by atoms with van der Waals surface area (Å²) in [6.45, 7) is 1.34. The maximum Gasteiger partial charge on any atom is 0.175 e. The van der Waals surface area contributed by atoms with Crippen molar-refractivity contribution in [3.63, 3.8) is 0 Å². The third-order valence-electron chi connectivity index (χ3n) is 3.73. The monoisotopic (exact) mass is 282 g/mol. The molecule has 0 N–H and O–H groups in total. The molecule has 108 valence electrons. The zero-order valence-electron chi connectivity index (χ0n) is 11.8. The smallest absolute Gasteiger partial charge is 0.175 e. The van der Waals surface area contributed by atoms with Gasteiger partial charge in [-0.05, 0) is 29.7 Å². The summed E-state index contributed by atoms with van der Waals surface area (Å²) < 4.78 is 10.8. The van der Waals surface area contributed by atoms with Gasteiger partial charge in [-0.15, -0.1) is 0 Å². The molecule has 0 aliphatic carbocycles. The van der Waals surface area contributed by atoms with Crippen molar-refractivity contribution in [2.75, 3.05) is 19.8 Å². The van der Waals surface area contributed by atoms with E-state index >= 15 is 0 Å². The Morgan fingerprint density at radius 3 is 2.43 bits per heavy atom. The average molecular weight is 282 g/mol. The van der Waals surface area contributed by atoms with Crippen LogP contribution in [0.1, 0.15) is 6.42 Å². The van der Waals surface area contributed by atoms with Crippen LogP contribution in [0.15, 0.2) is 54.6 Å². The summed E-state index contributed by atoms with van der Waals surface area (Å²) in [5.41, 5.74) is 2.31. The number of carbonyl (C=O) groups is 1. The van der Waals surface area contributed by atoms with E-state index in [0.717, 1.165) is 17.7 Å². The van der Waals surface area contributed by atoms with Crippen molar-refractivity contribution in [3.8, 4) is 16.9 Å². The first-order valence-corrected chi connectivity index (χ1v) is 7.22. The zero-order valence-corrected chi connectivity index (χ0v) is 11.8. The molecule has 3 rings (SSSR count). The molecular formula is C18H18O3. The summed E-state index contributed by atoms with van der Waals surface area (Å²) in [6.07, 6.45) is 0.815. The van der Waals surface area contributed by atoms with Gasteiger partial charge < -0.3 is 9.47 Å². The van der Waals surface area contributed by atoms with Gasteiger partial charge in [-0.2, -0.15) is 0 Å². The lowest BCUT2D eigenvalue weighted by atomic mass is 10.0. The molecule has 1 aliphatic heterocycles. The Labute approximate surface area is 124 Å². The Morgan fingerprint density at radius 1 is 1.05 bits per heavy atom. The van der Waals surface area contributed by atoms with Crippen LogP contribution in [0, 0.1) is 5.92 Å². The number of ether oxygens (including phenoxy) is 2. The second kappa shape index (κ2) is 6.55. The summed E-state index contributed by atoms with van der Waals surface area (Å²) in [5, 5.41) is 0. The van der Waals surface area contributed by atoms with E-state index in [4.69, 9.17) is 9.47 Å². The van der Waals surface area contributed by atoms with Crippen LogP contribution in [0.3, 0.4) is 0 Å². The van der Waals surface area contributed by atoms with Crippen LogP contribution in [0.25, 0.3) is 11.1 Å². The molecule has 2 aromatic rings. The van der Waals surface area contributed by atoms with Gasteiger partial charge in [0, 0.05) is 12.5 Å². The number of hydrogen-bond acceptors (Lipinski definition) is 3. The number of benzene rings is 2. The molecule has 0 bridgehead atoms. The van der Waals surface area contributed by atoms with E-state index in [1.54, 1.807) is 0 Å². The number of rotatable bonds is 5. The fourth-order valence-corrected chi connectivity index (χ4v) is 2.43. The van der Waals surface area contributed by atoms with Crippen molar-refractivity contribution in [1.29, 1.82) is 0 Å². The Hall–Kier alpha value is -2.13. The molecule has 1 atom stereocenters. The molecule has 1 fully saturated rings. The molecule has 2 aromatic carbocycles. The fourth-order valence-electron chi connectivity index (χ4n) is 2.43. The molecule has 0 saturated carbocycles. The molecule has 1 aliphatic rings. The van der Waals surface area contributed by atoms with E-state index in [2.05, 4.69) is 12.1 Å². The highest BCUT2D eigenvalue weighted by Crippen LogP contribution is 2.22. The minimum atomic E-state index is 0.00796. The molecule has 1 saturated heterocycles. The molecule has 1 unspecified atom stereocenters. The standard InChI is InChI=1S/C18H18O3/c19-18(16-10-11-20-12-16)13-21-17-8-6-15(7-9-17)14-4-2-1-3-5-14/h1-9,16H,10-13H2. The lowest BCUT2D eigenvalue weighted by Gasteiger charge is -2.09. The summed E-state index contributed by atoms with van der Waals surface area (Å²) in [7, 11) is 0. The van der Waals surface area contributed by atoms with Crippen LogP contribution in [0.2, 0.25) is 0 Å². The first-order chi connectivity index (χ1) is 10.3. The van der Waals surface area contributed by atoms with Gasteiger partial charge in [0.15, 0.2) is 5.78 Å². The third kappa shape index (κ3) is 3.50. The third-order valence-corrected chi connectivity index (χ3v) is 3.73. The lowest BCUT2D eigenvalue weighted by molar-refractivity contribution is -0.124. The van der Waals surface area contributed by atoms with Gasteiger partial charge in [-0.25, -0.2) is 0 Å². The van der Waals surface area contributed by atoms with Crippen LogP contribution in [0.5, 0.6) is 5.75 Å². The molecule has 1 heterocycles. The molecule has 0 amide bonds. The van der Waals surface area contributed by atoms with Crippen molar-refractivity contribution in [2.24, 2.45) is 5.92 Å². The maximum absolute atomic E-state index is 11.9. The van der Waals surface area contributed by atoms with E-state index in [1.165, 1.54) is 5.56 Å². The summed E-state index contributed by atoms with van der Waals surface area (Å²) in [4.78, 5) is 11.9. The van der Waals surface area contributed by atoms with Crippen molar-refractivity contribution in [3.05, 3.63) is 54.6 Å². The number of carbonyl (C=O) groups excluding carboxylic acids is 1. The first kappa shape index (κ1) is 13.8. The second-order valence-electron chi connectivity index (χ2n) is 5.21. The highest BCUT2D eigenvalue weighted by molar-refractivity contribution is 5.82. The van der Waals surface area contributed by atoms with Crippen LogP contribution in [-0.2, 0) is 9.53 Å². The van der Waals surface area contributed by atoms with Crippen molar-refractivity contribution < 1.29 is 14.3 Å². The topological polar surface area (TPSA) is 35.5 Å². The highest BCUT2D eigenvalue weighted by atomic mass is 16.5. The van der Waals surface area contributed by atoms with Crippen LogP contribution < -0.4 is 4.74 Å². The summed E-state index contributed by atoms with van der Waals surface area (Å²) in [6, 6.07) is 18.0. The van der Waals surface area contributed by atoms with E-state index in [1.807, 2.05) is 42.5 Å². The highest BCUT2D eigenvalue weighted by Gasteiger charge is 2.23. The first-order valence-electron chi connectivity index (χ1n) is 7.22. The van der Waals surface area contributed by atoms with E-state index in [-0.39, 0.29) is 18.3 Å². The van der Waals surface area contributed by atoms with E-state index in [9.17, 15) is 4.79 Å². The average Bonchev–Trinajstić information content (AvgIpc) is 3.08. The molecule has 21 heavy (non-hydrogen) atoms. The number of ketones is 1. The number of hydrogen-bond donors (Lipinski definition) is 0. The van der Waals surface area contributed by atoms with Gasteiger partial charge in [0.05, 0.1) is 6.61 Å². The van der Waals surface area contributed by atoms with Crippen LogP contribution >= 0.6 is 0 Å². The minimum absolute atomic E-state index is 0.00796. The van der Waals surface area contributed by atoms with E-state index in [0.29, 0.717) is 13.2 Å². The Balaban J connectivity index is 1.58. The Morgan fingerprint density at radius 2 is 1.76 bits per heavy atom. The molecule has 0 radical (unpaired) electrons. The molecule has 3 nitrogen and oxygen atoms in total. The summed E-state index contributed by atoms with van der Waals surface area (Å²) >= 11 is 0. The Kier molecular flexibility index (Phi) is 4.31. The Bertz CT molecular complexity index is 584. The fraction of sp³-hybridized carbons (Fsp3) is 0.278. The van der Waals surface area contributed by atoms with Gasteiger partial charge in [-0.3, -0.25) is 4.79 Å². The van der Waals surface area contributed by atoms with Crippen molar-refractivity contribution in [2.45, 2.75) is 6.42 Å². The quantitative estimate of drug-likeness (QED) is 0.843. The molecule has 3 heteroatoms. The van der Waals surface area contributed by atoms with Gasteiger partial charge >= 0.3 is 0 Å². The maximum atomic E-state index is 11.9. The van der Waals surface area contributed by atoms with Crippen LogP contribution in [-0.4, -0.2) is 25.6 Å². The minimum Gasteiger partial charge on any atom is -0.486 e. The summed E-state index contributed by atoms with van der Waals surface area (Å²) in [5.74, 6) is 0.857. The predicted molar refractivity (Wildman–Crippen MR) is 81.3 cm³/mol. The molecule has 0 spiro atoms. The van der Waals surface area contributed by atoms with Crippen molar-refractivity contribution in [1.82, 2.24) is 0 Å². The van der Waals surface area contributed by atoms with Gasteiger partial charge in [0.1, 0.15) is 12.4 Å². The zero-order chi connectivity index (χ0) is 14.5. The molecule has 0 aromatic heterocycles. The number of Topliss-reactive ketones (excluding diaryl/α,β-unsaturated/α-hetero) is 1. The predicted octanol–water partition coefficient (Wildman–Crippen LogP) is 3.34. The molecular weight excluding hydrogens is 264 g/mol. The second-order valence-corrected chi connectivity index (χ2v) is 5.21. The van der Waals surface area contributed by atoms with E-state index < -0.39 is 0 Å². The van der Waals surface area contributed by atoms with Gasteiger partial charge in [0.2, 0.25) is 0 Å². The van der Waals surface area contributed by atoms with Crippen LogP contribution in [0.4, 0.5) is 0 Å². The SMILES string of the molecule is O=C(COc1ccc(-c2ccccc2)cc1)C1CCOC1. The van der Waals surface area contributed by atoms with Gasteiger partial charge in [0.25, 0.3) is 0 Å². The van der Waals surface area contributed by atoms with Crippen molar-refractivity contribution >= 4 is 5.78 Å². The largest absolute Gasteiger partial charge is 0.486 e. The van der Waals surface area contributed by atoms with Gasteiger partial charge in [-0.1, -0.05) is 42.5 Å². The normalized spacial score (nSPS) is 17.6.